The predicted molar refractivity (Wildman–Crippen MR) is 105 cm³/mol. The maximum atomic E-state index is 12.7. The summed E-state index contributed by atoms with van der Waals surface area (Å²) in [6, 6.07) is 9.87. The average Bonchev–Trinajstić information content (AvgIpc) is 3.46. The summed E-state index contributed by atoms with van der Waals surface area (Å²) in [6.07, 6.45) is 7.16. The fourth-order valence-electron chi connectivity index (χ4n) is 3.16. The van der Waals surface area contributed by atoms with Crippen molar-refractivity contribution in [1.29, 1.82) is 0 Å². The van der Waals surface area contributed by atoms with Gasteiger partial charge in [0.2, 0.25) is 0 Å². The third-order valence-corrected chi connectivity index (χ3v) is 4.86. The number of benzene rings is 1. The molecule has 2 aromatic heterocycles. The van der Waals surface area contributed by atoms with E-state index in [1.54, 1.807) is 47.4 Å². The van der Waals surface area contributed by atoms with E-state index in [-0.39, 0.29) is 23.7 Å². The van der Waals surface area contributed by atoms with Crippen molar-refractivity contribution >= 4 is 5.97 Å². The van der Waals surface area contributed by atoms with Crippen LogP contribution in [0, 0.1) is 5.92 Å². The second-order valence-electron chi connectivity index (χ2n) is 7.20. The number of nitrogens with zero attached hydrogens (tertiary/aromatic N) is 2. The summed E-state index contributed by atoms with van der Waals surface area (Å²) in [5, 5.41) is 9.59. The Bertz CT molecular complexity index is 1030. The van der Waals surface area contributed by atoms with Crippen LogP contribution < -0.4 is 9.47 Å². The number of hydrogen-bond donors (Lipinski definition) is 1. The Morgan fingerprint density at radius 3 is 2.70 bits per heavy atom. The fourth-order valence-corrected chi connectivity index (χ4v) is 3.16. The second-order valence-corrected chi connectivity index (χ2v) is 7.20. The first kappa shape index (κ1) is 19.9. The molecule has 1 saturated carbocycles. The zero-order chi connectivity index (χ0) is 21.1. The average molecular weight is 414 g/mol. The van der Waals surface area contributed by atoms with Crippen LogP contribution in [-0.2, 0) is 6.54 Å². The predicted octanol–water partition coefficient (Wildman–Crippen LogP) is 4.69. The lowest BCUT2D eigenvalue weighted by molar-refractivity contribution is -0.0515. The third kappa shape index (κ3) is 4.76. The molecule has 1 aliphatic carbocycles. The number of ether oxygens (including phenoxy) is 2. The summed E-state index contributed by atoms with van der Waals surface area (Å²) < 4.78 is 37.3. The number of aromatic carboxylic acids is 1. The minimum atomic E-state index is -2.95. The molecule has 1 N–H and O–H groups in total. The lowest BCUT2D eigenvalue weighted by Crippen LogP contribution is -2.10. The zero-order valence-electron chi connectivity index (χ0n) is 16.0. The van der Waals surface area contributed by atoms with Gasteiger partial charge in [0, 0.05) is 36.3 Å². The molecule has 0 radical (unpaired) electrons. The molecule has 0 saturated heterocycles. The van der Waals surface area contributed by atoms with Crippen molar-refractivity contribution in [3.8, 4) is 22.6 Å². The standard InChI is InChI=1S/C22H20F2N2O4/c23-22(24)30-19-6-5-15(8-20(19)29-13-14-3-4-14)11-26-12-17(9-18(26)21(27)28)16-2-1-7-25-10-16/h1-2,5-10,12,14,22H,3-4,11,13H2,(H,27,28). The molecule has 1 aromatic carbocycles. The number of alkyl halides is 2. The summed E-state index contributed by atoms with van der Waals surface area (Å²) in [6.45, 7) is -2.28. The van der Waals surface area contributed by atoms with Gasteiger partial charge in [0.1, 0.15) is 5.69 Å². The van der Waals surface area contributed by atoms with Gasteiger partial charge in [-0.05, 0) is 48.6 Å². The van der Waals surface area contributed by atoms with Crippen molar-refractivity contribution in [2.24, 2.45) is 5.92 Å². The zero-order valence-corrected chi connectivity index (χ0v) is 16.0. The molecule has 0 bridgehead atoms. The second kappa shape index (κ2) is 8.52. The van der Waals surface area contributed by atoms with E-state index >= 15 is 0 Å². The molecule has 0 unspecified atom stereocenters. The smallest absolute Gasteiger partial charge is 0.387 e. The number of carboxylic acids is 1. The Morgan fingerprint density at radius 1 is 1.20 bits per heavy atom. The van der Waals surface area contributed by atoms with Crippen molar-refractivity contribution in [3.05, 3.63) is 66.2 Å². The molecular formula is C22H20F2N2O4. The van der Waals surface area contributed by atoms with Crippen LogP contribution in [0.2, 0.25) is 0 Å². The Morgan fingerprint density at radius 2 is 2.03 bits per heavy atom. The van der Waals surface area contributed by atoms with E-state index in [0.29, 0.717) is 18.1 Å². The molecular weight excluding hydrogens is 394 g/mol. The molecule has 4 rings (SSSR count). The molecule has 3 aromatic rings. The first-order valence-corrected chi connectivity index (χ1v) is 9.54. The highest BCUT2D eigenvalue weighted by atomic mass is 19.3. The molecule has 1 fully saturated rings. The molecule has 8 heteroatoms. The maximum Gasteiger partial charge on any atom is 0.387 e. The molecule has 0 aliphatic heterocycles. The topological polar surface area (TPSA) is 73.6 Å². The van der Waals surface area contributed by atoms with Crippen LogP contribution in [0.5, 0.6) is 11.5 Å². The van der Waals surface area contributed by atoms with Gasteiger partial charge in [0.05, 0.1) is 6.61 Å². The monoisotopic (exact) mass is 414 g/mol. The van der Waals surface area contributed by atoms with Gasteiger partial charge < -0.3 is 19.1 Å². The van der Waals surface area contributed by atoms with Gasteiger partial charge in [0.25, 0.3) is 0 Å². The SMILES string of the molecule is O=C(O)c1cc(-c2cccnc2)cn1Cc1ccc(OC(F)F)c(OCC2CC2)c1. The van der Waals surface area contributed by atoms with Crippen molar-refractivity contribution in [3.63, 3.8) is 0 Å². The van der Waals surface area contributed by atoms with Gasteiger partial charge in [-0.25, -0.2) is 4.79 Å². The summed E-state index contributed by atoms with van der Waals surface area (Å²) in [7, 11) is 0. The van der Waals surface area contributed by atoms with Crippen molar-refractivity contribution in [2.75, 3.05) is 6.61 Å². The normalized spacial score (nSPS) is 13.4. The fraction of sp³-hybridized carbons (Fsp3) is 0.273. The van der Waals surface area contributed by atoms with Crippen LogP contribution in [0.4, 0.5) is 8.78 Å². The van der Waals surface area contributed by atoms with Gasteiger partial charge in [0.15, 0.2) is 11.5 Å². The maximum absolute atomic E-state index is 12.7. The van der Waals surface area contributed by atoms with Gasteiger partial charge >= 0.3 is 12.6 Å². The van der Waals surface area contributed by atoms with Crippen LogP contribution in [0.15, 0.2) is 55.0 Å². The van der Waals surface area contributed by atoms with Crippen LogP contribution in [0.1, 0.15) is 28.9 Å². The molecule has 0 atom stereocenters. The molecule has 0 amide bonds. The Kier molecular flexibility index (Phi) is 5.65. The summed E-state index contributed by atoms with van der Waals surface area (Å²) in [4.78, 5) is 15.8. The van der Waals surface area contributed by atoms with Crippen molar-refractivity contribution < 1.29 is 28.2 Å². The quantitative estimate of drug-likeness (QED) is 0.550. The van der Waals surface area contributed by atoms with E-state index in [0.717, 1.165) is 24.0 Å². The highest BCUT2D eigenvalue weighted by Crippen LogP contribution is 2.34. The molecule has 30 heavy (non-hydrogen) atoms. The number of carbonyl (C=O) groups is 1. The number of hydrogen-bond acceptors (Lipinski definition) is 4. The van der Waals surface area contributed by atoms with Crippen LogP contribution in [-0.4, -0.2) is 33.8 Å². The largest absolute Gasteiger partial charge is 0.489 e. The van der Waals surface area contributed by atoms with E-state index in [1.165, 1.54) is 6.07 Å². The Balaban J connectivity index is 1.61. The highest BCUT2D eigenvalue weighted by Gasteiger charge is 2.23. The minimum Gasteiger partial charge on any atom is -0.489 e. The molecule has 6 nitrogen and oxygen atoms in total. The van der Waals surface area contributed by atoms with E-state index in [9.17, 15) is 18.7 Å². The molecule has 156 valence electrons. The van der Waals surface area contributed by atoms with E-state index in [4.69, 9.17) is 4.74 Å². The van der Waals surface area contributed by atoms with Crippen LogP contribution in [0.25, 0.3) is 11.1 Å². The molecule has 0 spiro atoms. The third-order valence-electron chi connectivity index (χ3n) is 4.86. The summed E-state index contributed by atoms with van der Waals surface area (Å²) in [5.74, 6) is -0.418. The number of halogens is 2. The molecule has 2 heterocycles. The first-order valence-electron chi connectivity index (χ1n) is 9.54. The highest BCUT2D eigenvalue weighted by molar-refractivity contribution is 5.88. The van der Waals surface area contributed by atoms with Gasteiger partial charge in [-0.1, -0.05) is 12.1 Å². The number of pyridine rings is 1. The number of rotatable bonds is 9. The van der Waals surface area contributed by atoms with Gasteiger partial charge in [-0.3, -0.25) is 4.98 Å². The van der Waals surface area contributed by atoms with E-state index < -0.39 is 12.6 Å². The Labute approximate surface area is 171 Å². The van der Waals surface area contributed by atoms with Crippen LogP contribution >= 0.6 is 0 Å². The van der Waals surface area contributed by atoms with Crippen molar-refractivity contribution in [2.45, 2.75) is 26.0 Å². The lowest BCUT2D eigenvalue weighted by atomic mass is 10.1. The van der Waals surface area contributed by atoms with Gasteiger partial charge in [-0.15, -0.1) is 0 Å². The lowest BCUT2D eigenvalue weighted by Gasteiger charge is -2.14. The number of carboxylic acid groups (broad SMARTS) is 1. The number of aromatic nitrogens is 2. The van der Waals surface area contributed by atoms with E-state index in [2.05, 4.69) is 9.72 Å². The first-order chi connectivity index (χ1) is 14.5. The van der Waals surface area contributed by atoms with Gasteiger partial charge in [-0.2, -0.15) is 8.78 Å². The summed E-state index contributed by atoms with van der Waals surface area (Å²) >= 11 is 0. The molecule has 1 aliphatic rings. The van der Waals surface area contributed by atoms with E-state index in [1.807, 2.05) is 6.07 Å². The van der Waals surface area contributed by atoms with Crippen molar-refractivity contribution in [1.82, 2.24) is 9.55 Å². The Hall–Kier alpha value is -3.42. The van der Waals surface area contributed by atoms with Crippen LogP contribution in [0.3, 0.4) is 0 Å². The summed E-state index contributed by atoms with van der Waals surface area (Å²) in [5.41, 5.74) is 2.34. The minimum absolute atomic E-state index is 0.0311.